The molecule has 0 bridgehead atoms. The number of nitrogens with one attached hydrogen (secondary N) is 1. The van der Waals surface area contributed by atoms with Gasteiger partial charge in [-0.3, -0.25) is 4.79 Å². The molecule has 1 N–H and O–H groups in total. The summed E-state index contributed by atoms with van der Waals surface area (Å²) in [4.78, 5) is 13.1. The molecule has 0 aliphatic heterocycles. The highest BCUT2D eigenvalue weighted by Crippen LogP contribution is 2.29. The van der Waals surface area contributed by atoms with E-state index in [0.717, 1.165) is 22.4 Å². The summed E-state index contributed by atoms with van der Waals surface area (Å²) < 4.78 is 2.05. The molecule has 0 fully saturated rings. The molecule has 2 heterocycles. The number of thioether (sulfide) groups is 1. The monoisotopic (exact) mass is 324 g/mol. The fourth-order valence-electron chi connectivity index (χ4n) is 1.86. The molecule has 0 aromatic carbocycles. The molecule has 0 aliphatic rings. The smallest absolute Gasteiger partial charge is 0.233 e. The summed E-state index contributed by atoms with van der Waals surface area (Å²) >= 11 is 3.09. The number of carbonyl (C=O) groups is 1. The lowest BCUT2D eigenvalue weighted by Crippen LogP contribution is -2.36. The standard InChI is InChI=1S/C14H20N4OS2/c1-5-18-12(11-7-6-8-20-11)16-17-14(18)21-10(4)13(19)15-9(2)3/h6-10H,5H2,1-4H3,(H,15,19). The van der Waals surface area contributed by atoms with E-state index in [0.29, 0.717) is 0 Å². The maximum Gasteiger partial charge on any atom is 0.233 e. The molecule has 1 amide bonds. The zero-order chi connectivity index (χ0) is 15.4. The quantitative estimate of drug-likeness (QED) is 0.830. The van der Waals surface area contributed by atoms with Crippen LogP contribution in [0.3, 0.4) is 0 Å². The number of nitrogens with zero attached hydrogens (tertiary/aromatic N) is 3. The maximum atomic E-state index is 12.0. The van der Waals surface area contributed by atoms with Gasteiger partial charge in [0.05, 0.1) is 10.1 Å². The molecular formula is C14H20N4OS2. The Kier molecular flexibility index (Phi) is 5.41. The molecular weight excluding hydrogens is 304 g/mol. The Morgan fingerprint density at radius 2 is 2.19 bits per heavy atom. The van der Waals surface area contributed by atoms with Crippen LogP contribution < -0.4 is 5.32 Å². The molecule has 1 atom stereocenters. The van der Waals surface area contributed by atoms with E-state index in [1.165, 1.54) is 11.8 Å². The Morgan fingerprint density at radius 1 is 1.43 bits per heavy atom. The maximum absolute atomic E-state index is 12.0. The van der Waals surface area contributed by atoms with Crippen LogP contribution in [-0.4, -0.2) is 32.0 Å². The van der Waals surface area contributed by atoms with Crippen LogP contribution in [0.15, 0.2) is 22.7 Å². The first-order valence-electron chi connectivity index (χ1n) is 6.97. The lowest BCUT2D eigenvalue weighted by Gasteiger charge is -2.14. The average Bonchev–Trinajstić information content (AvgIpc) is 3.05. The highest BCUT2D eigenvalue weighted by atomic mass is 32.2. The van der Waals surface area contributed by atoms with Crippen LogP contribution in [0.2, 0.25) is 0 Å². The van der Waals surface area contributed by atoms with Crippen molar-refractivity contribution in [2.24, 2.45) is 0 Å². The van der Waals surface area contributed by atoms with Crippen molar-refractivity contribution in [3.8, 4) is 10.7 Å². The predicted molar refractivity (Wildman–Crippen MR) is 87.6 cm³/mol. The highest BCUT2D eigenvalue weighted by molar-refractivity contribution is 8.00. The minimum Gasteiger partial charge on any atom is -0.353 e. The predicted octanol–water partition coefficient (Wildman–Crippen LogP) is 3.03. The van der Waals surface area contributed by atoms with E-state index in [-0.39, 0.29) is 17.2 Å². The summed E-state index contributed by atoms with van der Waals surface area (Å²) in [5, 5.41) is 14.1. The molecule has 2 aromatic rings. The Balaban J connectivity index is 2.16. The van der Waals surface area contributed by atoms with Crippen molar-refractivity contribution in [1.82, 2.24) is 20.1 Å². The van der Waals surface area contributed by atoms with Gasteiger partial charge in [0.2, 0.25) is 5.91 Å². The van der Waals surface area contributed by atoms with Gasteiger partial charge < -0.3 is 9.88 Å². The fourth-order valence-corrected chi connectivity index (χ4v) is 3.50. The number of aromatic nitrogens is 3. The number of hydrogen-bond donors (Lipinski definition) is 1. The number of thiophene rings is 1. The number of amides is 1. The van der Waals surface area contributed by atoms with Gasteiger partial charge in [-0.15, -0.1) is 21.5 Å². The van der Waals surface area contributed by atoms with Crippen LogP contribution >= 0.6 is 23.1 Å². The molecule has 114 valence electrons. The second kappa shape index (κ2) is 7.09. The molecule has 1 unspecified atom stereocenters. The third kappa shape index (κ3) is 3.85. The molecule has 7 heteroatoms. The summed E-state index contributed by atoms with van der Waals surface area (Å²) in [6.07, 6.45) is 0. The van der Waals surface area contributed by atoms with Crippen LogP contribution in [0.25, 0.3) is 10.7 Å². The van der Waals surface area contributed by atoms with Crippen molar-refractivity contribution in [3.05, 3.63) is 17.5 Å². The Labute approximate surface area is 133 Å². The van der Waals surface area contributed by atoms with Gasteiger partial charge >= 0.3 is 0 Å². The van der Waals surface area contributed by atoms with Gasteiger partial charge in [-0.05, 0) is 39.1 Å². The van der Waals surface area contributed by atoms with Gasteiger partial charge in [0, 0.05) is 12.6 Å². The zero-order valence-electron chi connectivity index (χ0n) is 12.7. The molecule has 2 aromatic heterocycles. The Morgan fingerprint density at radius 3 is 2.76 bits per heavy atom. The lowest BCUT2D eigenvalue weighted by molar-refractivity contribution is -0.120. The van der Waals surface area contributed by atoms with E-state index in [1.54, 1.807) is 11.3 Å². The van der Waals surface area contributed by atoms with Crippen molar-refractivity contribution >= 4 is 29.0 Å². The lowest BCUT2D eigenvalue weighted by atomic mass is 10.3. The van der Waals surface area contributed by atoms with Gasteiger partial charge in [-0.1, -0.05) is 17.8 Å². The fraction of sp³-hybridized carbons (Fsp3) is 0.500. The van der Waals surface area contributed by atoms with E-state index in [4.69, 9.17) is 0 Å². The molecule has 0 radical (unpaired) electrons. The Hall–Kier alpha value is -1.34. The average molecular weight is 324 g/mol. The number of hydrogen-bond acceptors (Lipinski definition) is 5. The van der Waals surface area contributed by atoms with E-state index in [9.17, 15) is 4.79 Å². The minimum atomic E-state index is -0.196. The molecule has 0 aliphatic carbocycles. The van der Waals surface area contributed by atoms with Gasteiger partial charge in [0.1, 0.15) is 0 Å². The normalized spacial score (nSPS) is 12.6. The summed E-state index contributed by atoms with van der Waals surface area (Å²) in [5.41, 5.74) is 0. The largest absolute Gasteiger partial charge is 0.353 e. The summed E-state index contributed by atoms with van der Waals surface area (Å²) in [5.74, 6) is 0.893. The van der Waals surface area contributed by atoms with E-state index >= 15 is 0 Å². The van der Waals surface area contributed by atoms with Gasteiger partial charge in [0.15, 0.2) is 11.0 Å². The second-order valence-corrected chi connectivity index (χ2v) is 7.21. The number of carbonyl (C=O) groups excluding carboxylic acids is 1. The van der Waals surface area contributed by atoms with Crippen molar-refractivity contribution in [3.63, 3.8) is 0 Å². The molecule has 0 spiro atoms. The third-order valence-corrected chi connectivity index (χ3v) is 4.80. The molecule has 0 saturated carbocycles. The van der Waals surface area contributed by atoms with E-state index in [2.05, 4.69) is 27.0 Å². The zero-order valence-corrected chi connectivity index (χ0v) is 14.3. The van der Waals surface area contributed by atoms with Crippen LogP contribution in [0.5, 0.6) is 0 Å². The summed E-state index contributed by atoms with van der Waals surface area (Å²) in [6.45, 7) is 8.64. The molecule has 21 heavy (non-hydrogen) atoms. The summed E-state index contributed by atoms with van der Waals surface area (Å²) in [7, 11) is 0. The van der Waals surface area contributed by atoms with Crippen molar-refractivity contribution in [2.45, 2.75) is 50.7 Å². The molecule has 2 rings (SSSR count). The van der Waals surface area contributed by atoms with Crippen molar-refractivity contribution in [1.29, 1.82) is 0 Å². The van der Waals surface area contributed by atoms with E-state index < -0.39 is 0 Å². The Bertz CT molecular complexity index is 592. The third-order valence-electron chi connectivity index (χ3n) is 2.86. The SMILES string of the molecule is CCn1c(SC(C)C(=O)NC(C)C)nnc1-c1cccs1. The van der Waals surface area contributed by atoms with Crippen LogP contribution in [-0.2, 0) is 11.3 Å². The molecule has 5 nitrogen and oxygen atoms in total. The van der Waals surface area contributed by atoms with E-state index in [1.807, 2.05) is 38.3 Å². The first-order chi connectivity index (χ1) is 10.0. The van der Waals surface area contributed by atoms with Gasteiger partial charge in [-0.25, -0.2) is 0 Å². The minimum absolute atomic E-state index is 0.0262. The van der Waals surface area contributed by atoms with Crippen LogP contribution in [0.1, 0.15) is 27.7 Å². The molecule has 0 saturated heterocycles. The van der Waals surface area contributed by atoms with Crippen molar-refractivity contribution in [2.75, 3.05) is 0 Å². The van der Waals surface area contributed by atoms with Gasteiger partial charge in [-0.2, -0.15) is 0 Å². The first-order valence-corrected chi connectivity index (χ1v) is 8.73. The van der Waals surface area contributed by atoms with Crippen LogP contribution in [0, 0.1) is 0 Å². The first kappa shape index (κ1) is 16.0. The van der Waals surface area contributed by atoms with Gasteiger partial charge in [0.25, 0.3) is 0 Å². The highest BCUT2D eigenvalue weighted by Gasteiger charge is 2.20. The summed E-state index contributed by atoms with van der Waals surface area (Å²) in [6, 6.07) is 4.18. The second-order valence-electron chi connectivity index (χ2n) is 4.95. The van der Waals surface area contributed by atoms with Crippen molar-refractivity contribution < 1.29 is 4.79 Å². The topological polar surface area (TPSA) is 59.8 Å². The number of rotatable bonds is 6. The van der Waals surface area contributed by atoms with Crippen LogP contribution in [0.4, 0.5) is 0 Å².